The molecule has 0 aromatic rings. The maximum atomic E-state index is 11.8. The zero-order chi connectivity index (χ0) is 12.2. The van der Waals surface area contributed by atoms with Gasteiger partial charge in [-0.25, -0.2) is 4.72 Å². The molecule has 0 saturated carbocycles. The number of rotatable bonds is 5. The molecular weight excluding hydrogens is 228 g/mol. The molecule has 1 atom stereocenters. The Morgan fingerprint density at radius 1 is 1.44 bits per heavy atom. The molecule has 1 fully saturated rings. The van der Waals surface area contributed by atoms with Gasteiger partial charge in [0.05, 0.1) is 0 Å². The number of nitrogens with one attached hydrogen (secondary N) is 1. The van der Waals surface area contributed by atoms with Crippen LogP contribution in [0.15, 0.2) is 0 Å². The largest absolute Gasteiger partial charge is 0.299 e. The van der Waals surface area contributed by atoms with Gasteiger partial charge in [0.2, 0.25) is 0 Å². The summed E-state index contributed by atoms with van der Waals surface area (Å²) in [4.78, 5) is 11.5. The number of hydrogen-bond donors (Lipinski definition) is 1. The van der Waals surface area contributed by atoms with Gasteiger partial charge in [-0.05, 0) is 12.8 Å². The van der Waals surface area contributed by atoms with E-state index in [9.17, 15) is 13.2 Å². The molecular formula is C10H20N2O3S. The van der Waals surface area contributed by atoms with Crippen molar-refractivity contribution in [2.24, 2.45) is 5.92 Å². The van der Waals surface area contributed by atoms with Crippen LogP contribution in [0.1, 0.15) is 33.1 Å². The van der Waals surface area contributed by atoms with Crippen molar-refractivity contribution >= 4 is 16.0 Å². The first-order valence-corrected chi connectivity index (χ1v) is 7.22. The first-order valence-electron chi connectivity index (χ1n) is 5.78. The zero-order valence-electron chi connectivity index (χ0n) is 9.90. The van der Waals surface area contributed by atoms with Crippen LogP contribution in [-0.2, 0) is 15.0 Å². The number of carbonyl (C=O) groups excluding carboxylic acids is 1. The van der Waals surface area contributed by atoms with Crippen molar-refractivity contribution < 1.29 is 13.2 Å². The molecule has 1 saturated heterocycles. The molecule has 0 amide bonds. The van der Waals surface area contributed by atoms with E-state index in [4.69, 9.17) is 0 Å². The van der Waals surface area contributed by atoms with Crippen LogP contribution < -0.4 is 4.72 Å². The summed E-state index contributed by atoms with van der Waals surface area (Å²) >= 11 is 0. The van der Waals surface area contributed by atoms with Crippen molar-refractivity contribution in [3.8, 4) is 0 Å². The minimum absolute atomic E-state index is 0.132. The van der Waals surface area contributed by atoms with E-state index in [1.165, 1.54) is 4.31 Å². The molecule has 1 aliphatic rings. The fourth-order valence-corrected chi connectivity index (χ4v) is 3.13. The molecule has 6 heteroatoms. The minimum atomic E-state index is -3.38. The van der Waals surface area contributed by atoms with Gasteiger partial charge in [-0.15, -0.1) is 0 Å². The van der Waals surface area contributed by atoms with Gasteiger partial charge in [0.1, 0.15) is 5.78 Å². The molecule has 5 nitrogen and oxygen atoms in total. The van der Waals surface area contributed by atoms with E-state index in [2.05, 4.69) is 4.72 Å². The van der Waals surface area contributed by atoms with Crippen LogP contribution >= 0.6 is 0 Å². The molecule has 16 heavy (non-hydrogen) atoms. The van der Waals surface area contributed by atoms with Crippen LogP contribution in [-0.4, -0.2) is 38.1 Å². The highest BCUT2D eigenvalue weighted by Gasteiger charge is 2.32. The van der Waals surface area contributed by atoms with Gasteiger partial charge in [-0.2, -0.15) is 12.7 Å². The molecule has 1 unspecified atom stereocenters. The summed E-state index contributed by atoms with van der Waals surface area (Å²) in [6, 6.07) is 0. The molecule has 1 rings (SSSR count). The smallest absolute Gasteiger partial charge is 0.279 e. The Morgan fingerprint density at radius 2 is 2.12 bits per heavy atom. The summed E-state index contributed by atoms with van der Waals surface area (Å²) in [6.07, 6.45) is 1.81. The SMILES string of the molecule is CCCNS(=O)(=O)N1CCC(=O)C(CC)C1. The molecule has 0 aromatic carbocycles. The molecule has 1 heterocycles. The van der Waals surface area contributed by atoms with Gasteiger partial charge < -0.3 is 0 Å². The van der Waals surface area contributed by atoms with E-state index >= 15 is 0 Å². The van der Waals surface area contributed by atoms with E-state index in [0.29, 0.717) is 32.5 Å². The standard InChI is InChI=1S/C10H20N2O3S/c1-3-6-11-16(14,15)12-7-5-10(13)9(4-2)8-12/h9,11H,3-8H2,1-2H3. The Kier molecular flexibility index (Phi) is 4.89. The molecule has 1 N–H and O–H groups in total. The predicted molar refractivity (Wildman–Crippen MR) is 62.2 cm³/mol. The Labute approximate surface area is 97.4 Å². The second-order valence-electron chi connectivity index (χ2n) is 4.08. The molecule has 0 radical (unpaired) electrons. The van der Waals surface area contributed by atoms with Crippen LogP contribution in [0, 0.1) is 5.92 Å². The average molecular weight is 248 g/mol. The quantitative estimate of drug-likeness (QED) is 0.772. The zero-order valence-corrected chi connectivity index (χ0v) is 10.7. The molecule has 94 valence electrons. The normalized spacial score (nSPS) is 23.6. The van der Waals surface area contributed by atoms with Crippen LogP contribution in [0.5, 0.6) is 0 Å². The van der Waals surface area contributed by atoms with Crippen molar-refractivity contribution in [2.45, 2.75) is 33.1 Å². The molecule has 0 aliphatic carbocycles. The third-order valence-electron chi connectivity index (χ3n) is 2.85. The fraction of sp³-hybridized carbons (Fsp3) is 0.900. The topological polar surface area (TPSA) is 66.5 Å². The van der Waals surface area contributed by atoms with E-state index < -0.39 is 10.2 Å². The van der Waals surface area contributed by atoms with Crippen LogP contribution in [0.4, 0.5) is 0 Å². The lowest BCUT2D eigenvalue weighted by atomic mass is 9.96. The van der Waals surface area contributed by atoms with Gasteiger partial charge in [0, 0.05) is 32.0 Å². The number of hydrogen-bond acceptors (Lipinski definition) is 3. The highest BCUT2D eigenvalue weighted by atomic mass is 32.2. The molecule has 0 bridgehead atoms. The second-order valence-corrected chi connectivity index (χ2v) is 5.83. The maximum Gasteiger partial charge on any atom is 0.279 e. The molecule has 0 aromatic heterocycles. The second kappa shape index (κ2) is 5.75. The van der Waals surface area contributed by atoms with E-state index in [1.54, 1.807) is 0 Å². The number of piperidine rings is 1. The number of carbonyl (C=O) groups is 1. The van der Waals surface area contributed by atoms with Crippen LogP contribution in [0.3, 0.4) is 0 Å². The Balaban J connectivity index is 2.64. The van der Waals surface area contributed by atoms with Crippen molar-refractivity contribution in [3.05, 3.63) is 0 Å². The van der Waals surface area contributed by atoms with Gasteiger partial charge in [-0.1, -0.05) is 13.8 Å². The van der Waals surface area contributed by atoms with Crippen molar-refractivity contribution in [1.29, 1.82) is 0 Å². The summed E-state index contributed by atoms with van der Waals surface area (Å²) in [5.74, 6) is 0.0522. The fourth-order valence-electron chi connectivity index (χ4n) is 1.78. The Morgan fingerprint density at radius 3 is 2.69 bits per heavy atom. The van der Waals surface area contributed by atoms with Crippen molar-refractivity contribution in [3.63, 3.8) is 0 Å². The summed E-state index contributed by atoms with van der Waals surface area (Å²) in [7, 11) is -3.38. The Bertz CT molecular complexity index is 340. The van der Waals surface area contributed by atoms with E-state index in [0.717, 1.165) is 6.42 Å². The third kappa shape index (κ3) is 3.26. The first kappa shape index (κ1) is 13.6. The lowest BCUT2D eigenvalue weighted by Gasteiger charge is -2.30. The van der Waals surface area contributed by atoms with Crippen molar-refractivity contribution in [1.82, 2.24) is 9.03 Å². The monoisotopic (exact) mass is 248 g/mol. The van der Waals surface area contributed by atoms with Gasteiger partial charge >= 0.3 is 0 Å². The summed E-state index contributed by atoms with van der Waals surface area (Å²) in [6.45, 7) is 4.92. The third-order valence-corrected chi connectivity index (χ3v) is 4.43. The first-order chi connectivity index (χ1) is 7.51. The van der Waals surface area contributed by atoms with Gasteiger partial charge in [0.25, 0.3) is 10.2 Å². The van der Waals surface area contributed by atoms with E-state index in [1.807, 2.05) is 13.8 Å². The van der Waals surface area contributed by atoms with Crippen LogP contribution in [0.25, 0.3) is 0 Å². The van der Waals surface area contributed by atoms with Crippen molar-refractivity contribution in [2.75, 3.05) is 19.6 Å². The highest BCUT2D eigenvalue weighted by molar-refractivity contribution is 7.87. The lowest BCUT2D eigenvalue weighted by Crippen LogP contribution is -2.48. The van der Waals surface area contributed by atoms with Gasteiger partial charge in [-0.3, -0.25) is 4.79 Å². The molecule has 0 spiro atoms. The highest BCUT2D eigenvalue weighted by Crippen LogP contribution is 2.17. The predicted octanol–water partition coefficient (Wildman–Crippen LogP) is 0.532. The lowest BCUT2D eigenvalue weighted by molar-refractivity contribution is -0.125. The Hall–Kier alpha value is -0.460. The average Bonchev–Trinajstić information content (AvgIpc) is 2.27. The molecule has 1 aliphatic heterocycles. The summed E-state index contributed by atoms with van der Waals surface area (Å²) < 4.78 is 27.5. The number of nitrogens with zero attached hydrogens (tertiary/aromatic N) is 1. The van der Waals surface area contributed by atoms with Gasteiger partial charge in [0.15, 0.2) is 0 Å². The van der Waals surface area contributed by atoms with Crippen LogP contribution in [0.2, 0.25) is 0 Å². The van der Waals surface area contributed by atoms with E-state index in [-0.39, 0.29) is 11.7 Å². The maximum absolute atomic E-state index is 11.8. The number of Topliss-reactive ketones (excluding diaryl/α,β-unsaturated/α-hetero) is 1. The summed E-state index contributed by atoms with van der Waals surface area (Å²) in [5, 5.41) is 0. The summed E-state index contributed by atoms with van der Waals surface area (Å²) in [5.41, 5.74) is 0. The minimum Gasteiger partial charge on any atom is -0.299 e. The number of ketones is 1.